The van der Waals surface area contributed by atoms with Gasteiger partial charge in [-0.2, -0.15) is 0 Å². The average molecular weight is 411 g/mol. The first-order valence-electron chi connectivity index (χ1n) is 10.1. The number of carbonyl (C=O) groups excluding carboxylic acids is 2. The SMILES string of the molecule is O=C1C2CCCNC2N(Cc2ccc(F)cc2)C(=O)N1Cc1ccc2c(c1)OCO2. The number of ether oxygens (including phenoxy) is 2. The molecule has 0 saturated carbocycles. The molecule has 0 aliphatic carbocycles. The van der Waals surface area contributed by atoms with Crippen LogP contribution in [0.25, 0.3) is 0 Å². The standard InChI is InChI=1S/C22H22FN3O4/c23-16-6-3-14(4-7-16)11-25-20-17(2-1-9-24-20)21(27)26(22(25)28)12-15-5-8-18-19(10-15)30-13-29-18/h3-8,10,17,20,24H,1-2,9,11-13H2. The van der Waals surface area contributed by atoms with Crippen molar-refractivity contribution in [3.8, 4) is 11.5 Å². The third-order valence-corrected chi connectivity index (χ3v) is 5.87. The Kier molecular flexibility index (Phi) is 4.78. The average Bonchev–Trinajstić information content (AvgIpc) is 3.23. The summed E-state index contributed by atoms with van der Waals surface area (Å²) in [5.41, 5.74) is 1.61. The number of nitrogens with zero attached hydrogens (tertiary/aromatic N) is 2. The Morgan fingerprint density at radius 3 is 2.60 bits per heavy atom. The van der Waals surface area contributed by atoms with Gasteiger partial charge in [0.1, 0.15) is 5.82 Å². The molecule has 3 amide bonds. The number of fused-ring (bicyclic) bond motifs is 2. The predicted octanol–water partition coefficient (Wildman–Crippen LogP) is 2.84. The molecule has 3 aliphatic heterocycles. The lowest BCUT2D eigenvalue weighted by Gasteiger charge is -2.47. The van der Waals surface area contributed by atoms with Crippen molar-refractivity contribution in [1.82, 2.24) is 15.1 Å². The molecule has 2 saturated heterocycles. The molecule has 0 aromatic heterocycles. The Balaban J connectivity index is 1.42. The van der Waals surface area contributed by atoms with E-state index in [-0.39, 0.29) is 43.2 Å². The number of halogens is 1. The molecule has 2 aromatic carbocycles. The number of benzene rings is 2. The van der Waals surface area contributed by atoms with E-state index in [4.69, 9.17) is 9.47 Å². The fourth-order valence-electron chi connectivity index (χ4n) is 4.35. The molecule has 1 N–H and O–H groups in total. The zero-order valence-electron chi connectivity index (χ0n) is 16.3. The van der Waals surface area contributed by atoms with Gasteiger partial charge in [-0.25, -0.2) is 9.18 Å². The van der Waals surface area contributed by atoms with Gasteiger partial charge in [0.2, 0.25) is 12.7 Å². The number of nitrogens with one attached hydrogen (secondary N) is 1. The highest BCUT2D eigenvalue weighted by Gasteiger charge is 2.47. The van der Waals surface area contributed by atoms with Gasteiger partial charge in [-0.3, -0.25) is 15.0 Å². The van der Waals surface area contributed by atoms with E-state index in [9.17, 15) is 14.0 Å². The van der Waals surface area contributed by atoms with Gasteiger partial charge in [0.15, 0.2) is 11.5 Å². The van der Waals surface area contributed by atoms with E-state index < -0.39 is 0 Å². The lowest BCUT2D eigenvalue weighted by molar-refractivity contribution is -0.142. The van der Waals surface area contributed by atoms with Crippen LogP contribution in [0.4, 0.5) is 9.18 Å². The molecule has 156 valence electrons. The molecule has 3 heterocycles. The van der Waals surface area contributed by atoms with Crippen molar-refractivity contribution >= 4 is 11.9 Å². The number of imide groups is 1. The molecule has 0 radical (unpaired) electrons. The zero-order valence-corrected chi connectivity index (χ0v) is 16.3. The third kappa shape index (κ3) is 3.37. The molecule has 8 heteroatoms. The van der Waals surface area contributed by atoms with E-state index in [2.05, 4.69) is 5.32 Å². The van der Waals surface area contributed by atoms with Crippen LogP contribution in [0.3, 0.4) is 0 Å². The molecule has 2 fully saturated rings. The zero-order chi connectivity index (χ0) is 20.7. The smallest absolute Gasteiger partial charge is 0.328 e. The number of hydrogen-bond acceptors (Lipinski definition) is 5. The summed E-state index contributed by atoms with van der Waals surface area (Å²) in [7, 11) is 0. The second-order valence-corrected chi connectivity index (χ2v) is 7.80. The summed E-state index contributed by atoms with van der Waals surface area (Å²) in [5, 5.41) is 3.33. The van der Waals surface area contributed by atoms with Gasteiger partial charge >= 0.3 is 6.03 Å². The van der Waals surface area contributed by atoms with Crippen LogP contribution in [0.2, 0.25) is 0 Å². The maximum Gasteiger partial charge on any atom is 0.328 e. The van der Waals surface area contributed by atoms with Crippen molar-refractivity contribution in [3.05, 3.63) is 59.4 Å². The summed E-state index contributed by atoms with van der Waals surface area (Å²) in [4.78, 5) is 29.5. The van der Waals surface area contributed by atoms with Crippen LogP contribution in [0, 0.1) is 11.7 Å². The Bertz CT molecular complexity index is 981. The Hall–Kier alpha value is -3.13. The molecule has 2 unspecified atom stereocenters. The first-order chi connectivity index (χ1) is 14.6. The van der Waals surface area contributed by atoms with E-state index in [0.29, 0.717) is 18.0 Å². The first-order valence-corrected chi connectivity index (χ1v) is 10.1. The normalized spacial score (nSPS) is 23.0. The van der Waals surface area contributed by atoms with Crippen molar-refractivity contribution < 1.29 is 23.5 Å². The van der Waals surface area contributed by atoms with Gasteiger partial charge < -0.3 is 14.4 Å². The van der Waals surface area contributed by atoms with Crippen molar-refractivity contribution in [2.24, 2.45) is 5.92 Å². The molecule has 7 nitrogen and oxygen atoms in total. The maximum absolute atomic E-state index is 13.4. The Labute approximate surface area is 173 Å². The summed E-state index contributed by atoms with van der Waals surface area (Å²) in [5.74, 6) is 0.488. The van der Waals surface area contributed by atoms with Crippen LogP contribution in [0.5, 0.6) is 11.5 Å². The van der Waals surface area contributed by atoms with Gasteiger partial charge in [-0.1, -0.05) is 18.2 Å². The molecule has 2 aromatic rings. The fourth-order valence-corrected chi connectivity index (χ4v) is 4.35. The van der Waals surface area contributed by atoms with Gasteiger partial charge in [0.25, 0.3) is 0 Å². The van der Waals surface area contributed by atoms with E-state index in [1.165, 1.54) is 17.0 Å². The Morgan fingerprint density at radius 2 is 1.77 bits per heavy atom. The number of rotatable bonds is 4. The number of carbonyl (C=O) groups is 2. The summed E-state index contributed by atoms with van der Waals surface area (Å²) in [6.07, 6.45) is 1.25. The molecular formula is C22H22FN3O4. The molecule has 5 rings (SSSR count). The summed E-state index contributed by atoms with van der Waals surface area (Å²) in [6, 6.07) is 11.2. The van der Waals surface area contributed by atoms with E-state index >= 15 is 0 Å². The van der Waals surface area contributed by atoms with Crippen LogP contribution in [0.15, 0.2) is 42.5 Å². The fraction of sp³-hybridized carbons (Fsp3) is 0.364. The highest BCUT2D eigenvalue weighted by molar-refractivity contribution is 5.98. The van der Waals surface area contributed by atoms with Crippen LogP contribution < -0.4 is 14.8 Å². The minimum atomic E-state index is -0.350. The van der Waals surface area contributed by atoms with E-state index in [1.54, 1.807) is 29.2 Å². The topological polar surface area (TPSA) is 71.1 Å². The van der Waals surface area contributed by atoms with Gasteiger partial charge in [0.05, 0.1) is 18.6 Å². The molecule has 2 atom stereocenters. The number of amides is 3. The second-order valence-electron chi connectivity index (χ2n) is 7.80. The minimum Gasteiger partial charge on any atom is -0.454 e. The molecule has 0 bridgehead atoms. The van der Waals surface area contributed by atoms with Gasteiger partial charge in [-0.15, -0.1) is 0 Å². The van der Waals surface area contributed by atoms with Crippen molar-refractivity contribution in [3.63, 3.8) is 0 Å². The summed E-state index contributed by atoms with van der Waals surface area (Å²) >= 11 is 0. The molecule has 30 heavy (non-hydrogen) atoms. The predicted molar refractivity (Wildman–Crippen MR) is 105 cm³/mol. The monoisotopic (exact) mass is 411 g/mol. The largest absolute Gasteiger partial charge is 0.454 e. The van der Waals surface area contributed by atoms with Crippen LogP contribution in [0.1, 0.15) is 24.0 Å². The number of piperidine rings is 1. The van der Waals surface area contributed by atoms with Crippen LogP contribution in [-0.4, -0.2) is 41.2 Å². The second kappa shape index (κ2) is 7.60. The quantitative estimate of drug-likeness (QED) is 0.838. The highest BCUT2D eigenvalue weighted by atomic mass is 19.1. The Morgan fingerprint density at radius 1 is 1.00 bits per heavy atom. The maximum atomic E-state index is 13.4. The molecule has 3 aliphatic rings. The molecule has 0 spiro atoms. The number of urea groups is 1. The first kappa shape index (κ1) is 18.9. The van der Waals surface area contributed by atoms with Gasteiger partial charge in [-0.05, 0) is 54.8 Å². The van der Waals surface area contributed by atoms with Crippen molar-refractivity contribution in [2.45, 2.75) is 32.1 Å². The summed E-state index contributed by atoms with van der Waals surface area (Å²) in [6.45, 7) is 1.39. The lowest BCUT2D eigenvalue weighted by Crippen LogP contribution is -2.66. The molecular weight excluding hydrogens is 389 g/mol. The number of hydrogen-bond donors (Lipinski definition) is 1. The minimum absolute atomic E-state index is 0.162. The highest BCUT2D eigenvalue weighted by Crippen LogP contribution is 2.34. The third-order valence-electron chi connectivity index (χ3n) is 5.87. The summed E-state index contributed by atoms with van der Waals surface area (Å²) < 4.78 is 24.0. The van der Waals surface area contributed by atoms with E-state index in [0.717, 1.165) is 30.5 Å². The van der Waals surface area contributed by atoms with Gasteiger partial charge in [0, 0.05) is 6.54 Å². The van der Waals surface area contributed by atoms with Crippen molar-refractivity contribution in [2.75, 3.05) is 13.3 Å². The van der Waals surface area contributed by atoms with E-state index in [1.807, 2.05) is 6.07 Å². The van der Waals surface area contributed by atoms with Crippen LogP contribution >= 0.6 is 0 Å². The lowest BCUT2D eigenvalue weighted by atomic mass is 9.91. The van der Waals surface area contributed by atoms with Crippen molar-refractivity contribution in [1.29, 1.82) is 0 Å². The van der Waals surface area contributed by atoms with Crippen LogP contribution in [-0.2, 0) is 17.9 Å².